The largest absolute Gasteiger partial charge is 0.303 e. The summed E-state index contributed by atoms with van der Waals surface area (Å²) in [4.78, 5) is 7.07. The van der Waals surface area contributed by atoms with E-state index in [0.29, 0.717) is 5.88 Å². The molecule has 0 radical (unpaired) electrons. The molecular formula is C14H25ClN2S. The maximum absolute atomic E-state index is 5.75. The highest BCUT2D eigenvalue weighted by Gasteiger charge is 2.04. The number of halogens is 1. The van der Waals surface area contributed by atoms with Gasteiger partial charge in [-0.1, -0.05) is 13.8 Å². The number of nitrogens with zero attached hydrogens (tertiary/aromatic N) is 2. The zero-order chi connectivity index (χ0) is 13.2. The van der Waals surface area contributed by atoms with E-state index in [4.69, 9.17) is 11.6 Å². The molecule has 0 bridgehead atoms. The zero-order valence-corrected chi connectivity index (χ0v) is 13.2. The first kappa shape index (κ1) is 15.9. The Labute approximate surface area is 120 Å². The van der Waals surface area contributed by atoms with Gasteiger partial charge in [-0.2, -0.15) is 0 Å². The van der Waals surface area contributed by atoms with Gasteiger partial charge in [0, 0.05) is 5.38 Å². The van der Waals surface area contributed by atoms with Crippen LogP contribution in [0.2, 0.25) is 0 Å². The van der Waals surface area contributed by atoms with Gasteiger partial charge in [-0.15, -0.1) is 22.9 Å². The van der Waals surface area contributed by atoms with Gasteiger partial charge in [-0.05, 0) is 51.7 Å². The molecule has 0 unspecified atom stereocenters. The molecule has 2 nitrogen and oxygen atoms in total. The van der Waals surface area contributed by atoms with E-state index < -0.39 is 0 Å². The predicted molar refractivity (Wildman–Crippen MR) is 81.6 cm³/mol. The van der Waals surface area contributed by atoms with Crippen LogP contribution in [0.5, 0.6) is 0 Å². The number of unbranched alkanes of at least 4 members (excludes halogenated alkanes) is 1. The highest BCUT2D eigenvalue weighted by molar-refractivity contribution is 7.09. The molecule has 1 aromatic rings. The molecule has 4 heteroatoms. The third kappa shape index (κ3) is 6.17. The lowest BCUT2D eigenvalue weighted by molar-refractivity contribution is 0.269. The Morgan fingerprint density at radius 3 is 2.44 bits per heavy atom. The molecule has 0 amide bonds. The van der Waals surface area contributed by atoms with E-state index in [0.717, 1.165) is 12.1 Å². The molecule has 0 saturated carbocycles. The van der Waals surface area contributed by atoms with Crippen LogP contribution in [0.1, 0.15) is 50.2 Å². The number of thiazole rings is 1. The Balaban J connectivity index is 2.16. The first-order chi connectivity index (χ1) is 8.80. The normalized spacial score (nSPS) is 11.3. The van der Waals surface area contributed by atoms with Crippen LogP contribution in [0, 0.1) is 0 Å². The standard InChI is InChI=1S/C14H25ClN2S/c1-3-8-17(9-4-2)10-6-5-7-14-16-13(11-15)12-18-14/h12H,3-11H2,1-2H3. The van der Waals surface area contributed by atoms with Gasteiger partial charge in [0.05, 0.1) is 16.6 Å². The third-order valence-electron chi connectivity index (χ3n) is 2.93. The van der Waals surface area contributed by atoms with Gasteiger partial charge in [-0.3, -0.25) is 0 Å². The Bertz CT molecular complexity index is 308. The first-order valence-corrected chi connectivity index (χ1v) is 8.43. The predicted octanol–water partition coefficient (Wildman–Crippen LogP) is 4.33. The molecule has 1 rings (SSSR count). The highest BCUT2D eigenvalue weighted by Crippen LogP contribution is 2.14. The zero-order valence-electron chi connectivity index (χ0n) is 11.6. The van der Waals surface area contributed by atoms with Crippen LogP contribution in [0.4, 0.5) is 0 Å². The second-order valence-corrected chi connectivity index (χ2v) is 5.87. The van der Waals surface area contributed by atoms with Crippen LogP contribution in [-0.4, -0.2) is 29.5 Å². The molecule has 0 saturated heterocycles. The summed E-state index contributed by atoms with van der Waals surface area (Å²) in [5.74, 6) is 0.539. The molecule has 104 valence electrons. The molecular weight excluding hydrogens is 264 g/mol. The van der Waals surface area contributed by atoms with Crippen molar-refractivity contribution >= 4 is 22.9 Å². The summed E-state index contributed by atoms with van der Waals surface area (Å²) in [6.07, 6.45) is 6.12. The monoisotopic (exact) mass is 288 g/mol. The minimum absolute atomic E-state index is 0.539. The highest BCUT2D eigenvalue weighted by atomic mass is 35.5. The van der Waals surface area contributed by atoms with Crippen LogP contribution in [0.3, 0.4) is 0 Å². The van der Waals surface area contributed by atoms with E-state index in [9.17, 15) is 0 Å². The van der Waals surface area contributed by atoms with Crippen molar-refractivity contribution < 1.29 is 0 Å². The molecule has 0 aliphatic carbocycles. The fourth-order valence-corrected chi connectivity index (χ4v) is 3.17. The van der Waals surface area contributed by atoms with E-state index in [2.05, 4.69) is 29.1 Å². The van der Waals surface area contributed by atoms with Crippen molar-refractivity contribution in [2.45, 2.75) is 51.8 Å². The number of aryl methyl sites for hydroxylation is 1. The van der Waals surface area contributed by atoms with E-state index in [1.807, 2.05) is 0 Å². The van der Waals surface area contributed by atoms with Gasteiger partial charge in [0.2, 0.25) is 0 Å². The van der Waals surface area contributed by atoms with E-state index >= 15 is 0 Å². The van der Waals surface area contributed by atoms with Crippen molar-refractivity contribution in [3.05, 3.63) is 16.1 Å². The first-order valence-electron chi connectivity index (χ1n) is 7.01. The van der Waals surface area contributed by atoms with Crippen LogP contribution in [-0.2, 0) is 12.3 Å². The summed E-state index contributed by atoms with van der Waals surface area (Å²) in [5, 5.41) is 3.31. The van der Waals surface area contributed by atoms with Crippen LogP contribution >= 0.6 is 22.9 Å². The van der Waals surface area contributed by atoms with Gasteiger partial charge < -0.3 is 4.90 Å². The number of hydrogen-bond acceptors (Lipinski definition) is 3. The summed E-state index contributed by atoms with van der Waals surface area (Å²) in [6.45, 7) is 8.22. The average molecular weight is 289 g/mol. The van der Waals surface area contributed by atoms with Crippen LogP contribution < -0.4 is 0 Å². The molecule has 0 N–H and O–H groups in total. The van der Waals surface area contributed by atoms with Crippen molar-refractivity contribution in [1.29, 1.82) is 0 Å². The fourth-order valence-electron chi connectivity index (χ4n) is 2.10. The smallest absolute Gasteiger partial charge is 0.0928 e. The fraction of sp³-hybridized carbons (Fsp3) is 0.786. The van der Waals surface area contributed by atoms with E-state index in [1.165, 1.54) is 50.3 Å². The maximum atomic E-state index is 5.75. The topological polar surface area (TPSA) is 16.1 Å². The molecule has 0 fully saturated rings. The van der Waals surface area contributed by atoms with Gasteiger partial charge in [-0.25, -0.2) is 4.98 Å². The Morgan fingerprint density at radius 2 is 1.89 bits per heavy atom. The second-order valence-electron chi connectivity index (χ2n) is 4.66. The summed E-state index contributed by atoms with van der Waals surface area (Å²) in [7, 11) is 0. The maximum Gasteiger partial charge on any atom is 0.0928 e. The lowest BCUT2D eigenvalue weighted by Crippen LogP contribution is -2.26. The molecule has 0 spiro atoms. The van der Waals surface area contributed by atoms with Crippen LogP contribution in [0.25, 0.3) is 0 Å². The number of rotatable bonds is 10. The Hall–Kier alpha value is -0.120. The third-order valence-corrected chi connectivity index (χ3v) is 4.16. The molecule has 0 aromatic carbocycles. The minimum Gasteiger partial charge on any atom is -0.303 e. The van der Waals surface area contributed by atoms with E-state index in [1.54, 1.807) is 11.3 Å². The lowest BCUT2D eigenvalue weighted by atomic mass is 10.2. The van der Waals surface area contributed by atoms with Crippen LogP contribution in [0.15, 0.2) is 5.38 Å². The molecule has 1 aromatic heterocycles. The molecule has 0 atom stereocenters. The van der Waals surface area contributed by atoms with Crippen molar-refractivity contribution in [2.75, 3.05) is 19.6 Å². The minimum atomic E-state index is 0.539. The van der Waals surface area contributed by atoms with Gasteiger partial charge in [0.25, 0.3) is 0 Å². The van der Waals surface area contributed by atoms with Gasteiger partial charge in [0.15, 0.2) is 0 Å². The van der Waals surface area contributed by atoms with Crippen molar-refractivity contribution in [2.24, 2.45) is 0 Å². The van der Waals surface area contributed by atoms with Crippen molar-refractivity contribution in [3.63, 3.8) is 0 Å². The molecule has 0 aliphatic rings. The Morgan fingerprint density at radius 1 is 1.17 bits per heavy atom. The SMILES string of the molecule is CCCN(CCC)CCCCc1nc(CCl)cs1. The van der Waals surface area contributed by atoms with Gasteiger partial charge in [0.1, 0.15) is 0 Å². The summed E-state index contributed by atoms with van der Waals surface area (Å²) in [6, 6.07) is 0. The lowest BCUT2D eigenvalue weighted by Gasteiger charge is -2.20. The van der Waals surface area contributed by atoms with Crippen molar-refractivity contribution in [3.8, 4) is 0 Å². The summed E-state index contributed by atoms with van der Waals surface area (Å²) >= 11 is 7.49. The summed E-state index contributed by atoms with van der Waals surface area (Å²) in [5.41, 5.74) is 1.02. The van der Waals surface area contributed by atoms with Crippen molar-refractivity contribution in [1.82, 2.24) is 9.88 Å². The summed E-state index contributed by atoms with van der Waals surface area (Å²) < 4.78 is 0. The van der Waals surface area contributed by atoms with E-state index in [-0.39, 0.29) is 0 Å². The number of alkyl halides is 1. The second kappa shape index (κ2) is 9.76. The number of hydrogen-bond donors (Lipinski definition) is 0. The Kier molecular flexibility index (Phi) is 8.64. The number of aromatic nitrogens is 1. The van der Waals surface area contributed by atoms with Gasteiger partial charge >= 0.3 is 0 Å². The molecule has 18 heavy (non-hydrogen) atoms. The quantitative estimate of drug-likeness (QED) is 0.471. The average Bonchev–Trinajstić information content (AvgIpc) is 2.83. The molecule has 1 heterocycles. The molecule has 0 aliphatic heterocycles.